The Labute approximate surface area is 182 Å². The number of nitrogens with zero attached hydrogens (tertiary/aromatic N) is 2. The van der Waals surface area contributed by atoms with Crippen molar-refractivity contribution in [1.82, 2.24) is 14.9 Å². The molecule has 2 aromatic carbocycles. The van der Waals surface area contributed by atoms with Gasteiger partial charge in [-0.15, -0.1) is 0 Å². The number of nitrogens with one attached hydrogen (secondary N) is 2. The van der Waals surface area contributed by atoms with Gasteiger partial charge in [-0.05, 0) is 31.2 Å². The van der Waals surface area contributed by atoms with E-state index in [2.05, 4.69) is 15.3 Å². The topological polar surface area (TPSA) is 96.6 Å². The Morgan fingerprint density at radius 1 is 1.13 bits per heavy atom. The third kappa shape index (κ3) is 4.60. The Balaban J connectivity index is 1.86. The standard InChI is InChI=1S/C20H20Cl2N4O4/c1-4-26(20(28)23-11-5-6-13(21)14(22)7-11)10-18-24-15-9-17(30-3)16(29-2)8-12(15)19(27)25-18/h5-9H,4,10H2,1-3H3,(H,23,28)(H,24,25,27). The highest BCUT2D eigenvalue weighted by molar-refractivity contribution is 6.42. The molecule has 158 valence electrons. The van der Waals surface area contributed by atoms with Crippen LogP contribution >= 0.6 is 23.2 Å². The van der Waals surface area contributed by atoms with Gasteiger partial charge in [-0.2, -0.15) is 0 Å². The molecule has 8 nitrogen and oxygen atoms in total. The van der Waals surface area contributed by atoms with Crippen molar-refractivity contribution >= 4 is 45.8 Å². The van der Waals surface area contributed by atoms with E-state index in [-0.39, 0.29) is 18.1 Å². The molecule has 0 saturated carbocycles. The molecule has 0 aliphatic rings. The molecule has 2 N–H and O–H groups in total. The van der Waals surface area contributed by atoms with E-state index >= 15 is 0 Å². The number of fused-ring (bicyclic) bond motifs is 1. The zero-order valence-electron chi connectivity index (χ0n) is 16.6. The number of rotatable bonds is 6. The van der Waals surface area contributed by atoms with E-state index in [1.165, 1.54) is 19.1 Å². The molecule has 0 fully saturated rings. The molecule has 0 aliphatic carbocycles. The lowest BCUT2D eigenvalue weighted by atomic mass is 10.2. The first-order valence-electron chi connectivity index (χ1n) is 9.02. The van der Waals surface area contributed by atoms with E-state index in [1.807, 2.05) is 6.92 Å². The number of aromatic amines is 1. The molecule has 0 unspecified atom stereocenters. The fraction of sp³-hybridized carbons (Fsp3) is 0.250. The van der Waals surface area contributed by atoms with E-state index < -0.39 is 0 Å². The molecule has 3 aromatic rings. The highest BCUT2D eigenvalue weighted by Crippen LogP contribution is 2.30. The molecular weight excluding hydrogens is 431 g/mol. The summed E-state index contributed by atoms with van der Waals surface area (Å²) in [5, 5.41) is 3.85. The molecule has 0 bridgehead atoms. The largest absolute Gasteiger partial charge is 0.493 e. The molecule has 2 amide bonds. The highest BCUT2D eigenvalue weighted by Gasteiger charge is 2.16. The van der Waals surface area contributed by atoms with Crippen LogP contribution in [0.15, 0.2) is 35.1 Å². The van der Waals surface area contributed by atoms with Crippen molar-refractivity contribution in [2.45, 2.75) is 13.5 Å². The number of carbonyl (C=O) groups excluding carboxylic acids is 1. The number of anilines is 1. The first kappa shape index (κ1) is 21.7. The van der Waals surface area contributed by atoms with E-state index in [0.717, 1.165) is 0 Å². The summed E-state index contributed by atoms with van der Waals surface area (Å²) >= 11 is 11.9. The predicted octanol–water partition coefficient (Wildman–Crippen LogP) is 4.30. The summed E-state index contributed by atoms with van der Waals surface area (Å²) in [5.41, 5.74) is 0.605. The summed E-state index contributed by atoms with van der Waals surface area (Å²) in [4.78, 5) is 33.9. The molecule has 10 heteroatoms. The fourth-order valence-corrected chi connectivity index (χ4v) is 3.17. The number of methoxy groups -OCH3 is 2. The molecule has 0 atom stereocenters. The lowest BCUT2D eigenvalue weighted by molar-refractivity contribution is 0.211. The fourth-order valence-electron chi connectivity index (χ4n) is 2.87. The SMILES string of the molecule is CCN(Cc1nc2cc(OC)c(OC)cc2c(=O)[nH]1)C(=O)Nc1ccc(Cl)c(Cl)c1. The first-order valence-corrected chi connectivity index (χ1v) is 9.77. The smallest absolute Gasteiger partial charge is 0.322 e. The van der Waals surface area contributed by atoms with Crippen LogP contribution < -0.4 is 20.3 Å². The average Bonchev–Trinajstić information content (AvgIpc) is 2.73. The third-order valence-electron chi connectivity index (χ3n) is 4.44. The van der Waals surface area contributed by atoms with Crippen molar-refractivity contribution in [2.75, 3.05) is 26.1 Å². The van der Waals surface area contributed by atoms with Gasteiger partial charge < -0.3 is 24.7 Å². The van der Waals surface area contributed by atoms with E-state index in [0.29, 0.717) is 50.5 Å². The van der Waals surface area contributed by atoms with Crippen LogP contribution in [0.25, 0.3) is 10.9 Å². The minimum atomic E-state index is -0.369. The van der Waals surface area contributed by atoms with E-state index in [4.69, 9.17) is 32.7 Å². The number of hydrogen-bond acceptors (Lipinski definition) is 5. The molecule has 1 aromatic heterocycles. The van der Waals surface area contributed by atoms with Gasteiger partial charge in [-0.3, -0.25) is 4.79 Å². The monoisotopic (exact) mass is 450 g/mol. The second-order valence-electron chi connectivity index (χ2n) is 6.31. The second-order valence-corrected chi connectivity index (χ2v) is 7.12. The van der Waals surface area contributed by atoms with Gasteiger partial charge in [-0.1, -0.05) is 23.2 Å². The zero-order chi connectivity index (χ0) is 21.8. The first-order chi connectivity index (χ1) is 14.4. The number of hydrogen-bond donors (Lipinski definition) is 2. The van der Waals surface area contributed by atoms with Crippen LogP contribution in [-0.4, -0.2) is 41.7 Å². The van der Waals surface area contributed by atoms with Crippen molar-refractivity contribution in [2.24, 2.45) is 0 Å². The van der Waals surface area contributed by atoms with Crippen molar-refractivity contribution in [3.8, 4) is 11.5 Å². The summed E-state index contributed by atoms with van der Waals surface area (Å²) in [6.07, 6.45) is 0. The number of aromatic nitrogens is 2. The van der Waals surface area contributed by atoms with Crippen LogP contribution in [0, 0.1) is 0 Å². The Morgan fingerprint density at radius 3 is 2.47 bits per heavy atom. The summed E-state index contributed by atoms with van der Waals surface area (Å²) in [6.45, 7) is 2.31. The number of carbonyl (C=O) groups is 1. The number of benzene rings is 2. The predicted molar refractivity (Wildman–Crippen MR) is 117 cm³/mol. The van der Waals surface area contributed by atoms with Crippen LogP contribution in [-0.2, 0) is 6.54 Å². The van der Waals surface area contributed by atoms with Crippen molar-refractivity contribution < 1.29 is 14.3 Å². The van der Waals surface area contributed by atoms with Gasteiger partial charge in [0.1, 0.15) is 5.82 Å². The maximum absolute atomic E-state index is 12.7. The molecule has 0 spiro atoms. The van der Waals surface area contributed by atoms with Gasteiger partial charge in [0, 0.05) is 18.3 Å². The molecule has 30 heavy (non-hydrogen) atoms. The Bertz CT molecular complexity index is 1150. The van der Waals surface area contributed by atoms with Crippen molar-refractivity contribution in [3.05, 3.63) is 56.6 Å². The van der Waals surface area contributed by atoms with Gasteiger partial charge in [0.25, 0.3) is 5.56 Å². The van der Waals surface area contributed by atoms with Crippen LogP contribution in [0.2, 0.25) is 10.0 Å². The highest BCUT2D eigenvalue weighted by atomic mass is 35.5. The van der Waals surface area contributed by atoms with E-state index in [9.17, 15) is 9.59 Å². The third-order valence-corrected chi connectivity index (χ3v) is 5.18. The van der Waals surface area contributed by atoms with Crippen LogP contribution in [0.1, 0.15) is 12.7 Å². The minimum absolute atomic E-state index is 0.100. The average molecular weight is 451 g/mol. The van der Waals surface area contributed by atoms with Crippen molar-refractivity contribution in [3.63, 3.8) is 0 Å². The lowest BCUT2D eigenvalue weighted by Crippen LogP contribution is -2.35. The van der Waals surface area contributed by atoms with Gasteiger partial charge in [0.2, 0.25) is 0 Å². The maximum atomic E-state index is 12.7. The Hall–Kier alpha value is -2.97. The number of halogens is 2. The maximum Gasteiger partial charge on any atom is 0.322 e. The Kier molecular flexibility index (Phi) is 6.69. The zero-order valence-corrected chi connectivity index (χ0v) is 18.1. The van der Waals surface area contributed by atoms with Gasteiger partial charge in [0.15, 0.2) is 11.5 Å². The number of amides is 2. The van der Waals surface area contributed by atoms with Crippen LogP contribution in [0.3, 0.4) is 0 Å². The van der Waals surface area contributed by atoms with E-state index in [1.54, 1.807) is 30.3 Å². The van der Waals surface area contributed by atoms with Gasteiger partial charge >= 0.3 is 6.03 Å². The molecule has 3 rings (SSSR count). The summed E-state index contributed by atoms with van der Waals surface area (Å²) in [5.74, 6) is 1.23. The molecule has 0 saturated heterocycles. The van der Waals surface area contributed by atoms with Crippen LogP contribution in [0.5, 0.6) is 11.5 Å². The van der Waals surface area contributed by atoms with Crippen LogP contribution in [0.4, 0.5) is 10.5 Å². The Morgan fingerprint density at radius 2 is 1.83 bits per heavy atom. The number of H-pyrrole nitrogens is 1. The summed E-state index contributed by atoms with van der Waals surface area (Å²) in [7, 11) is 3.00. The van der Waals surface area contributed by atoms with Gasteiger partial charge in [0.05, 0.1) is 41.7 Å². The normalized spacial score (nSPS) is 10.7. The van der Waals surface area contributed by atoms with Crippen molar-refractivity contribution in [1.29, 1.82) is 0 Å². The quantitative estimate of drug-likeness (QED) is 0.583. The summed E-state index contributed by atoms with van der Waals surface area (Å²) in [6, 6.07) is 7.63. The number of ether oxygens (including phenoxy) is 2. The lowest BCUT2D eigenvalue weighted by Gasteiger charge is -2.21. The second kappa shape index (κ2) is 9.23. The molecular formula is C20H20Cl2N4O4. The number of urea groups is 1. The van der Waals surface area contributed by atoms with Gasteiger partial charge in [-0.25, -0.2) is 9.78 Å². The minimum Gasteiger partial charge on any atom is -0.493 e. The molecule has 0 radical (unpaired) electrons. The molecule has 0 aliphatic heterocycles. The molecule has 1 heterocycles. The summed E-state index contributed by atoms with van der Waals surface area (Å²) < 4.78 is 10.5.